The Morgan fingerprint density at radius 3 is 2.72 bits per heavy atom. The lowest BCUT2D eigenvalue weighted by Crippen LogP contribution is -2.53. The second-order valence-electron chi connectivity index (χ2n) is 4.67. The van der Waals surface area contributed by atoms with Gasteiger partial charge < -0.3 is 5.32 Å². The van der Waals surface area contributed by atoms with E-state index < -0.39 is 12.2 Å². The Morgan fingerprint density at radius 2 is 2.11 bits per heavy atom. The van der Waals surface area contributed by atoms with Crippen molar-refractivity contribution in [3.63, 3.8) is 0 Å². The van der Waals surface area contributed by atoms with E-state index in [4.69, 9.17) is 0 Å². The van der Waals surface area contributed by atoms with Gasteiger partial charge in [-0.3, -0.25) is 9.69 Å². The van der Waals surface area contributed by atoms with Crippen LogP contribution in [0.5, 0.6) is 0 Å². The van der Waals surface area contributed by atoms with E-state index in [0.717, 1.165) is 25.0 Å². The van der Waals surface area contributed by atoms with Crippen LogP contribution in [0.4, 0.5) is 13.2 Å². The number of nitrogens with one attached hydrogen (secondary N) is 1. The van der Waals surface area contributed by atoms with Gasteiger partial charge in [0.15, 0.2) is 0 Å². The zero-order valence-electron chi connectivity index (χ0n) is 10.0. The number of hydrogen-bond donors (Lipinski definition) is 1. The second-order valence-corrected chi connectivity index (χ2v) is 5.96. The molecule has 2 aliphatic heterocycles. The number of thioether (sulfide) groups is 1. The van der Waals surface area contributed by atoms with E-state index >= 15 is 0 Å². The van der Waals surface area contributed by atoms with Crippen molar-refractivity contribution >= 4 is 17.7 Å². The predicted octanol–water partition coefficient (Wildman–Crippen LogP) is 1.98. The molecule has 2 aliphatic rings. The maximum Gasteiger partial charge on any atom is 0.405 e. The molecule has 0 radical (unpaired) electrons. The third-order valence-corrected chi connectivity index (χ3v) is 4.81. The van der Waals surface area contributed by atoms with E-state index in [-0.39, 0.29) is 30.8 Å². The van der Waals surface area contributed by atoms with Gasteiger partial charge >= 0.3 is 6.18 Å². The molecule has 104 valence electrons. The highest BCUT2D eigenvalue weighted by Crippen LogP contribution is 2.34. The first-order valence-electron chi connectivity index (χ1n) is 6.19. The molecule has 1 N–H and O–H groups in total. The minimum absolute atomic E-state index is 0.0990. The second kappa shape index (κ2) is 5.69. The molecule has 2 heterocycles. The van der Waals surface area contributed by atoms with Crippen molar-refractivity contribution < 1.29 is 18.0 Å². The van der Waals surface area contributed by atoms with Crippen molar-refractivity contribution in [3.05, 3.63) is 0 Å². The largest absolute Gasteiger partial charge is 0.405 e. The van der Waals surface area contributed by atoms with E-state index in [1.165, 1.54) is 4.90 Å². The summed E-state index contributed by atoms with van der Waals surface area (Å²) in [5.74, 6) is 0.625. The Hall–Kier alpha value is -0.430. The molecule has 0 aliphatic carbocycles. The van der Waals surface area contributed by atoms with E-state index in [2.05, 4.69) is 5.32 Å². The minimum atomic E-state index is -4.28. The normalized spacial score (nSPS) is 31.8. The molecule has 0 saturated carbocycles. The van der Waals surface area contributed by atoms with Gasteiger partial charge in [0, 0.05) is 19.5 Å². The van der Waals surface area contributed by atoms with Gasteiger partial charge in [-0.1, -0.05) is 6.42 Å². The van der Waals surface area contributed by atoms with Crippen molar-refractivity contribution in [2.45, 2.75) is 43.3 Å². The molecule has 0 aromatic carbocycles. The van der Waals surface area contributed by atoms with Crippen LogP contribution in [0.3, 0.4) is 0 Å². The number of nitrogens with zero attached hydrogens (tertiary/aromatic N) is 1. The first-order chi connectivity index (χ1) is 8.48. The monoisotopic (exact) mass is 282 g/mol. The van der Waals surface area contributed by atoms with Crippen LogP contribution in [0, 0.1) is 0 Å². The lowest BCUT2D eigenvalue weighted by atomic mass is 10.1. The molecule has 2 saturated heterocycles. The summed E-state index contributed by atoms with van der Waals surface area (Å²) < 4.78 is 39.2. The Kier molecular flexibility index (Phi) is 4.42. The van der Waals surface area contributed by atoms with Crippen LogP contribution >= 0.6 is 11.8 Å². The summed E-state index contributed by atoms with van der Waals surface area (Å²) >= 11 is 1.59. The number of carbonyl (C=O) groups is 1. The average molecular weight is 282 g/mol. The summed E-state index contributed by atoms with van der Waals surface area (Å²) in [6.07, 6.45) is -1.30. The average Bonchev–Trinajstić information content (AvgIpc) is 2.52. The standard InChI is InChI=1S/C11H17F3N2OS/c12-11(13,14)8-7-15-9(17)4-5-16(8)10-3-1-2-6-18-10/h8,10H,1-7H2,(H,15,17). The van der Waals surface area contributed by atoms with Gasteiger partial charge in [0.05, 0.1) is 5.37 Å². The zero-order chi connectivity index (χ0) is 13.2. The molecule has 0 bridgehead atoms. The molecule has 0 aromatic rings. The van der Waals surface area contributed by atoms with Crippen LogP contribution in [0.15, 0.2) is 0 Å². The Bertz CT molecular complexity index is 305. The number of alkyl halides is 3. The molecule has 1 amide bonds. The van der Waals surface area contributed by atoms with Gasteiger partial charge in [0.2, 0.25) is 5.91 Å². The van der Waals surface area contributed by atoms with Gasteiger partial charge in [-0.05, 0) is 18.6 Å². The highest BCUT2D eigenvalue weighted by Gasteiger charge is 2.47. The molecule has 18 heavy (non-hydrogen) atoms. The fourth-order valence-electron chi connectivity index (χ4n) is 2.44. The van der Waals surface area contributed by atoms with E-state index in [9.17, 15) is 18.0 Å². The van der Waals surface area contributed by atoms with Gasteiger partial charge in [0.25, 0.3) is 0 Å². The van der Waals surface area contributed by atoms with Gasteiger partial charge in [-0.2, -0.15) is 13.2 Å². The molecule has 2 fully saturated rings. The molecule has 2 unspecified atom stereocenters. The van der Waals surface area contributed by atoms with E-state index in [1.54, 1.807) is 11.8 Å². The smallest absolute Gasteiger partial charge is 0.354 e. The third kappa shape index (κ3) is 3.32. The molecule has 7 heteroatoms. The Balaban J connectivity index is 2.12. The maximum absolute atomic E-state index is 13.1. The molecule has 0 aromatic heterocycles. The fourth-order valence-corrected chi connectivity index (χ4v) is 3.86. The molecule has 2 rings (SSSR count). The third-order valence-electron chi connectivity index (χ3n) is 3.39. The van der Waals surface area contributed by atoms with Gasteiger partial charge in [-0.25, -0.2) is 0 Å². The summed E-state index contributed by atoms with van der Waals surface area (Å²) in [7, 11) is 0. The summed E-state index contributed by atoms with van der Waals surface area (Å²) in [6.45, 7) is -0.118. The topological polar surface area (TPSA) is 32.3 Å². The van der Waals surface area contributed by atoms with E-state index in [0.29, 0.717) is 0 Å². The van der Waals surface area contributed by atoms with Crippen LogP contribution < -0.4 is 5.32 Å². The fraction of sp³-hybridized carbons (Fsp3) is 0.909. The molecule has 3 nitrogen and oxygen atoms in total. The molecule has 0 spiro atoms. The number of carbonyl (C=O) groups excluding carboxylic acids is 1. The summed E-state index contributed by atoms with van der Waals surface area (Å²) in [5, 5.41) is 2.26. The molecular formula is C11H17F3N2OS. The quantitative estimate of drug-likeness (QED) is 0.798. The number of halogens is 3. The van der Waals surface area contributed by atoms with Crippen LogP contribution in [0.25, 0.3) is 0 Å². The summed E-state index contributed by atoms with van der Waals surface area (Å²) in [5.41, 5.74) is 0. The molecular weight excluding hydrogens is 265 g/mol. The van der Waals surface area contributed by atoms with Crippen LogP contribution in [0.2, 0.25) is 0 Å². The van der Waals surface area contributed by atoms with Gasteiger partial charge in [0.1, 0.15) is 6.04 Å². The number of hydrogen-bond acceptors (Lipinski definition) is 3. The number of amides is 1. The first kappa shape index (κ1) is 14.0. The van der Waals surface area contributed by atoms with Crippen LogP contribution in [-0.2, 0) is 4.79 Å². The Morgan fingerprint density at radius 1 is 1.33 bits per heavy atom. The van der Waals surface area contributed by atoms with E-state index in [1.807, 2.05) is 0 Å². The van der Waals surface area contributed by atoms with Crippen molar-refractivity contribution in [1.29, 1.82) is 0 Å². The minimum Gasteiger partial charge on any atom is -0.354 e. The van der Waals surface area contributed by atoms with Crippen molar-refractivity contribution in [1.82, 2.24) is 10.2 Å². The summed E-state index contributed by atoms with van der Waals surface area (Å²) in [4.78, 5) is 12.7. The lowest BCUT2D eigenvalue weighted by molar-refractivity contribution is -0.182. The zero-order valence-corrected chi connectivity index (χ0v) is 10.8. The Labute approximate surface area is 108 Å². The van der Waals surface area contributed by atoms with Crippen molar-refractivity contribution in [2.24, 2.45) is 0 Å². The highest BCUT2D eigenvalue weighted by molar-refractivity contribution is 7.99. The van der Waals surface area contributed by atoms with Crippen LogP contribution in [-0.4, -0.2) is 47.2 Å². The summed E-state index contributed by atoms with van der Waals surface area (Å²) in [6, 6.07) is -1.54. The predicted molar refractivity (Wildman–Crippen MR) is 64.3 cm³/mol. The van der Waals surface area contributed by atoms with Crippen LogP contribution in [0.1, 0.15) is 25.7 Å². The molecule has 2 atom stereocenters. The maximum atomic E-state index is 13.1. The number of rotatable bonds is 1. The highest BCUT2D eigenvalue weighted by atomic mass is 32.2. The van der Waals surface area contributed by atoms with Crippen molar-refractivity contribution in [3.8, 4) is 0 Å². The first-order valence-corrected chi connectivity index (χ1v) is 7.24. The SMILES string of the molecule is O=C1CCN(C2CCCCS2)C(C(F)(F)F)CN1. The van der Waals surface area contributed by atoms with Crippen molar-refractivity contribution in [2.75, 3.05) is 18.8 Å². The lowest BCUT2D eigenvalue weighted by Gasteiger charge is -2.38. The van der Waals surface area contributed by atoms with Gasteiger partial charge in [-0.15, -0.1) is 11.8 Å².